The summed E-state index contributed by atoms with van der Waals surface area (Å²) >= 11 is 0. The van der Waals surface area contributed by atoms with Gasteiger partial charge in [0.15, 0.2) is 17.5 Å². The van der Waals surface area contributed by atoms with E-state index in [0.29, 0.717) is 5.56 Å². The number of hydrogen-bond donors (Lipinski definition) is 2. The van der Waals surface area contributed by atoms with Crippen LogP contribution in [0.15, 0.2) is 30.3 Å². The molecule has 1 atom stereocenters. The molecule has 2 N–H and O–H groups in total. The lowest BCUT2D eigenvalue weighted by molar-refractivity contribution is 0.0915. The summed E-state index contributed by atoms with van der Waals surface area (Å²) in [7, 11) is 0. The number of benzene rings is 2. The van der Waals surface area contributed by atoms with E-state index in [1.165, 1.54) is 0 Å². The van der Waals surface area contributed by atoms with Gasteiger partial charge in [-0.25, -0.2) is 13.2 Å². The lowest BCUT2D eigenvalue weighted by Crippen LogP contribution is -2.31. The summed E-state index contributed by atoms with van der Waals surface area (Å²) in [6, 6.07) is 5.66. The van der Waals surface area contributed by atoms with E-state index in [-0.39, 0.29) is 5.56 Å². The van der Waals surface area contributed by atoms with Gasteiger partial charge in [-0.3, -0.25) is 4.79 Å². The zero-order chi connectivity index (χ0) is 17.1. The molecule has 2 rings (SSSR count). The number of carbonyl (C=O) groups excluding carboxylic acids is 1. The Morgan fingerprint density at radius 3 is 2.26 bits per heavy atom. The van der Waals surface area contributed by atoms with Gasteiger partial charge in [0.05, 0.1) is 12.6 Å². The van der Waals surface area contributed by atoms with Crippen LogP contribution in [0, 0.1) is 31.3 Å². The number of carbonyl (C=O) groups is 1. The molecule has 0 radical (unpaired) electrons. The molecule has 0 saturated heterocycles. The van der Waals surface area contributed by atoms with Gasteiger partial charge in [0.1, 0.15) is 0 Å². The van der Waals surface area contributed by atoms with Crippen LogP contribution in [0.3, 0.4) is 0 Å². The number of aryl methyl sites for hydroxylation is 2. The van der Waals surface area contributed by atoms with E-state index < -0.39 is 36.0 Å². The third kappa shape index (κ3) is 3.71. The summed E-state index contributed by atoms with van der Waals surface area (Å²) in [5.41, 5.74) is 2.05. The lowest BCUT2D eigenvalue weighted by atomic mass is 10.0. The Bertz CT molecular complexity index is 724. The average molecular weight is 323 g/mol. The number of aliphatic hydroxyl groups excluding tert-OH is 1. The fraction of sp³-hybridized carbons (Fsp3) is 0.235. The molecule has 0 saturated carbocycles. The van der Waals surface area contributed by atoms with Crippen molar-refractivity contribution in [2.24, 2.45) is 0 Å². The van der Waals surface area contributed by atoms with Crippen LogP contribution in [-0.2, 0) is 0 Å². The highest BCUT2D eigenvalue weighted by Gasteiger charge is 2.20. The van der Waals surface area contributed by atoms with Crippen molar-refractivity contribution < 1.29 is 23.1 Å². The second-order valence-corrected chi connectivity index (χ2v) is 5.33. The van der Waals surface area contributed by atoms with Crippen molar-refractivity contribution in [3.63, 3.8) is 0 Å². The van der Waals surface area contributed by atoms with E-state index in [9.17, 15) is 23.1 Å². The zero-order valence-corrected chi connectivity index (χ0v) is 12.7. The molecule has 1 unspecified atom stereocenters. The van der Waals surface area contributed by atoms with E-state index in [4.69, 9.17) is 0 Å². The molecule has 0 fully saturated rings. The summed E-state index contributed by atoms with van der Waals surface area (Å²) in [4.78, 5) is 12.3. The minimum Gasteiger partial charge on any atom is -0.394 e. The molecule has 0 bridgehead atoms. The molecule has 2 aromatic rings. The Labute approximate surface area is 131 Å². The van der Waals surface area contributed by atoms with Gasteiger partial charge in [0.25, 0.3) is 5.91 Å². The van der Waals surface area contributed by atoms with E-state index in [2.05, 4.69) is 5.32 Å². The predicted molar refractivity (Wildman–Crippen MR) is 79.5 cm³/mol. The summed E-state index contributed by atoms with van der Waals surface area (Å²) < 4.78 is 39.6. The largest absolute Gasteiger partial charge is 0.394 e. The lowest BCUT2D eigenvalue weighted by Gasteiger charge is -2.18. The first-order valence-corrected chi connectivity index (χ1v) is 6.97. The van der Waals surface area contributed by atoms with E-state index in [1.807, 2.05) is 13.0 Å². The van der Waals surface area contributed by atoms with E-state index in [0.717, 1.165) is 23.3 Å². The van der Waals surface area contributed by atoms with Crippen LogP contribution in [0.2, 0.25) is 0 Å². The van der Waals surface area contributed by atoms with Crippen molar-refractivity contribution in [1.82, 2.24) is 5.32 Å². The summed E-state index contributed by atoms with van der Waals surface area (Å²) in [5.74, 6) is -4.84. The van der Waals surface area contributed by atoms with Crippen molar-refractivity contribution >= 4 is 5.91 Å². The van der Waals surface area contributed by atoms with E-state index >= 15 is 0 Å². The summed E-state index contributed by atoms with van der Waals surface area (Å²) in [5, 5.41) is 11.9. The Morgan fingerprint density at radius 1 is 1.13 bits per heavy atom. The van der Waals surface area contributed by atoms with Gasteiger partial charge in [0.2, 0.25) is 0 Å². The summed E-state index contributed by atoms with van der Waals surface area (Å²) in [6.45, 7) is 3.06. The third-order valence-corrected chi connectivity index (χ3v) is 3.52. The van der Waals surface area contributed by atoms with Gasteiger partial charge in [-0.05, 0) is 43.2 Å². The van der Waals surface area contributed by atoms with Crippen LogP contribution < -0.4 is 5.32 Å². The van der Waals surface area contributed by atoms with Crippen molar-refractivity contribution in [3.8, 4) is 0 Å². The predicted octanol–water partition coefficient (Wildman–Crippen LogP) is 3.18. The highest BCUT2D eigenvalue weighted by molar-refractivity contribution is 5.95. The number of rotatable bonds is 4. The number of amides is 1. The molecular formula is C17H16F3NO2. The second-order valence-electron chi connectivity index (χ2n) is 5.33. The Kier molecular flexibility index (Phi) is 5.05. The zero-order valence-electron chi connectivity index (χ0n) is 12.7. The highest BCUT2D eigenvalue weighted by Crippen LogP contribution is 2.20. The smallest absolute Gasteiger partial charge is 0.252 e. The van der Waals surface area contributed by atoms with Gasteiger partial charge in [-0.15, -0.1) is 0 Å². The molecule has 0 heterocycles. The van der Waals surface area contributed by atoms with Gasteiger partial charge in [-0.1, -0.05) is 17.7 Å². The van der Waals surface area contributed by atoms with Crippen molar-refractivity contribution in [2.75, 3.05) is 6.61 Å². The highest BCUT2D eigenvalue weighted by atomic mass is 19.2. The minimum absolute atomic E-state index is 0.0537. The number of nitrogens with one attached hydrogen (secondary N) is 1. The fourth-order valence-corrected chi connectivity index (χ4v) is 2.32. The number of hydrogen-bond acceptors (Lipinski definition) is 2. The fourth-order valence-electron chi connectivity index (χ4n) is 2.32. The van der Waals surface area contributed by atoms with Crippen molar-refractivity contribution in [1.29, 1.82) is 0 Å². The molecular weight excluding hydrogens is 307 g/mol. The topological polar surface area (TPSA) is 49.3 Å². The first kappa shape index (κ1) is 17.0. The third-order valence-electron chi connectivity index (χ3n) is 3.52. The molecule has 0 aliphatic carbocycles. The first-order valence-electron chi connectivity index (χ1n) is 6.97. The Hall–Kier alpha value is -2.34. The average Bonchev–Trinajstić information content (AvgIpc) is 2.49. The van der Waals surface area contributed by atoms with Gasteiger partial charge in [0, 0.05) is 5.56 Å². The second kappa shape index (κ2) is 6.83. The molecule has 23 heavy (non-hydrogen) atoms. The number of aliphatic hydroxyl groups is 1. The normalized spacial score (nSPS) is 12.1. The van der Waals surface area contributed by atoms with Crippen LogP contribution >= 0.6 is 0 Å². The molecule has 0 aliphatic heterocycles. The Morgan fingerprint density at radius 2 is 1.74 bits per heavy atom. The Balaban J connectivity index is 2.27. The van der Waals surface area contributed by atoms with Crippen molar-refractivity contribution in [2.45, 2.75) is 19.9 Å². The van der Waals surface area contributed by atoms with Gasteiger partial charge in [-0.2, -0.15) is 0 Å². The summed E-state index contributed by atoms with van der Waals surface area (Å²) in [6.07, 6.45) is 0. The van der Waals surface area contributed by atoms with Gasteiger partial charge >= 0.3 is 0 Å². The van der Waals surface area contributed by atoms with E-state index in [1.54, 1.807) is 19.1 Å². The van der Waals surface area contributed by atoms with Crippen molar-refractivity contribution in [3.05, 3.63) is 70.0 Å². The van der Waals surface area contributed by atoms with Crippen LogP contribution in [0.1, 0.15) is 33.1 Å². The maximum Gasteiger partial charge on any atom is 0.252 e. The maximum atomic E-state index is 13.3. The molecule has 0 aromatic heterocycles. The maximum absolute atomic E-state index is 13.3. The molecule has 1 amide bonds. The monoisotopic (exact) mass is 323 g/mol. The minimum atomic E-state index is -1.59. The SMILES string of the molecule is Cc1ccc(C(=O)NC(CO)c2cc(F)c(F)c(F)c2)c(C)c1. The van der Waals surface area contributed by atoms with Crippen LogP contribution in [-0.4, -0.2) is 17.6 Å². The van der Waals surface area contributed by atoms with Crippen LogP contribution in [0.5, 0.6) is 0 Å². The molecule has 0 aliphatic rings. The molecule has 6 heteroatoms. The quantitative estimate of drug-likeness (QED) is 0.849. The van der Waals surface area contributed by atoms with Crippen LogP contribution in [0.25, 0.3) is 0 Å². The van der Waals surface area contributed by atoms with Crippen LogP contribution in [0.4, 0.5) is 13.2 Å². The molecule has 2 aromatic carbocycles. The molecule has 122 valence electrons. The standard InChI is InChI=1S/C17H16F3NO2/c1-9-3-4-12(10(2)5-9)17(23)21-15(8-22)11-6-13(18)16(20)14(19)7-11/h3-7,15,22H,8H2,1-2H3,(H,21,23). The van der Waals surface area contributed by atoms with Gasteiger partial charge < -0.3 is 10.4 Å². The number of halogens is 3. The molecule has 0 spiro atoms. The first-order chi connectivity index (χ1) is 10.8. The molecule has 3 nitrogen and oxygen atoms in total.